The summed E-state index contributed by atoms with van der Waals surface area (Å²) >= 11 is 0. The molecule has 2 aromatic rings. The van der Waals surface area contributed by atoms with E-state index in [0.717, 1.165) is 19.3 Å². The largest absolute Gasteiger partial charge is 0.497 e. The van der Waals surface area contributed by atoms with Crippen LogP contribution < -0.4 is 9.64 Å². The normalized spacial score (nSPS) is 25.7. The number of ketones is 1. The fraction of sp³-hybridized carbons (Fsp3) is 0.360. The van der Waals surface area contributed by atoms with Gasteiger partial charge in [-0.3, -0.25) is 19.3 Å². The standard InChI is InChI=1S/C25H23NO6/c1-31-19-4-2-3-15(12-19)20(27)13-32-25(30)14-7-9-18(10-8-14)26-23(28)21-16-5-6-17(11-16)22(21)24(26)29/h2-4,7-10,12,16-17,21-22H,5-6,11,13H2,1H3/t16-,17+,21-,22+. The van der Waals surface area contributed by atoms with Gasteiger partial charge < -0.3 is 9.47 Å². The van der Waals surface area contributed by atoms with Crippen LogP contribution >= 0.6 is 0 Å². The van der Waals surface area contributed by atoms with E-state index in [1.165, 1.54) is 24.1 Å². The molecule has 32 heavy (non-hydrogen) atoms. The Bertz CT molecular complexity index is 1080. The second kappa shape index (κ2) is 7.89. The highest BCUT2D eigenvalue weighted by molar-refractivity contribution is 6.22. The third-order valence-electron chi connectivity index (χ3n) is 7.01. The molecule has 3 fully saturated rings. The first-order valence-corrected chi connectivity index (χ1v) is 10.8. The predicted molar refractivity (Wildman–Crippen MR) is 114 cm³/mol. The molecule has 7 nitrogen and oxygen atoms in total. The number of nitrogens with zero attached hydrogens (tertiary/aromatic N) is 1. The highest BCUT2D eigenvalue weighted by Crippen LogP contribution is 2.56. The average Bonchev–Trinajstić information content (AvgIpc) is 3.51. The molecule has 1 saturated heterocycles. The van der Waals surface area contributed by atoms with Gasteiger partial charge in [0.1, 0.15) is 5.75 Å². The number of ether oxygens (including phenoxy) is 2. The summed E-state index contributed by atoms with van der Waals surface area (Å²) in [6.45, 7) is -0.400. The number of benzene rings is 2. The number of hydrogen-bond donors (Lipinski definition) is 0. The van der Waals surface area contributed by atoms with E-state index >= 15 is 0 Å². The molecule has 2 bridgehead atoms. The summed E-state index contributed by atoms with van der Waals surface area (Å²) in [5.74, 6) is -0.420. The quantitative estimate of drug-likeness (QED) is 0.395. The maximum absolute atomic E-state index is 12.9. The van der Waals surface area contributed by atoms with Gasteiger partial charge in [0.2, 0.25) is 11.8 Å². The third-order valence-corrected chi connectivity index (χ3v) is 7.01. The van der Waals surface area contributed by atoms with Crippen molar-refractivity contribution in [2.45, 2.75) is 19.3 Å². The molecule has 0 radical (unpaired) electrons. The lowest BCUT2D eigenvalue weighted by molar-refractivity contribution is -0.123. The molecule has 2 aliphatic carbocycles. The zero-order chi connectivity index (χ0) is 22.4. The first-order chi connectivity index (χ1) is 15.5. The van der Waals surface area contributed by atoms with Crippen molar-refractivity contribution in [3.63, 3.8) is 0 Å². The van der Waals surface area contributed by atoms with Gasteiger partial charge >= 0.3 is 5.97 Å². The highest BCUT2D eigenvalue weighted by atomic mass is 16.5. The minimum atomic E-state index is -0.651. The Hall–Kier alpha value is -3.48. The molecular weight excluding hydrogens is 410 g/mol. The lowest BCUT2D eigenvalue weighted by Gasteiger charge is -2.19. The monoisotopic (exact) mass is 433 g/mol. The average molecular weight is 433 g/mol. The smallest absolute Gasteiger partial charge is 0.338 e. The van der Waals surface area contributed by atoms with Crippen molar-refractivity contribution in [2.24, 2.45) is 23.7 Å². The van der Waals surface area contributed by atoms with E-state index in [0.29, 0.717) is 28.8 Å². The van der Waals surface area contributed by atoms with E-state index in [1.54, 1.807) is 36.4 Å². The Balaban J connectivity index is 1.24. The summed E-state index contributed by atoms with van der Waals surface area (Å²) in [5.41, 5.74) is 1.10. The topological polar surface area (TPSA) is 90.0 Å². The van der Waals surface area contributed by atoms with Crippen LogP contribution in [0.2, 0.25) is 0 Å². The van der Waals surface area contributed by atoms with Gasteiger partial charge in [0, 0.05) is 5.56 Å². The van der Waals surface area contributed by atoms with Gasteiger partial charge in [-0.05, 0) is 67.5 Å². The molecule has 5 rings (SSSR count). The fourth-order valence-electron chi connectivity index (χ4n) is 5.50. The van der Waals surface area contributed by atoms with Crippen molar-refractivity contribution in [1.29, 1.82) is 0 Å². The minimum Gasteiger partial charge on any atom is -0.497 e. The van der Waals surface area contributed by atoms with E-state index in [1.807, 2.05) is 0 Å². The second-order valence-corrected chi connectivity index (χ2v) is 8.67. The Labute approximate surface area is 185 Å². The minimum absolute atomic E-state index is 0.119. The fourth-order valence-corrected chi connectivity index (χ4v) is 5.50. The van der Waals surface area contributed by atoms with Gasteiger partial charge in [-0.25, -0.2) is 4.79 Å². The molecule has 2 saturated carbocycles. The van der Waals surface area contributed by atoms with Gasteiger partial charge in [0.15, 0.2) is 12.4 Å². The van der Waals surface area contributed by atoms with E-state index in [-0.39, 0.29) is 35.0 Å². The number of carbonyl (C=O) groups is 4. The molecule has 0 aromatic heterocycles. The number of Topliss-reactive ketones (excluding diaryl/α,β-unsaturated/α-hetero) is 1. The van der Waals surface area contributed by atoms with E-state index in [2.05, 4.69) is 0 Å². The first-order valence-electron chi connectivity index (χ1n) is 10.8. The van der Waals surface area contributed by atoms with E-state index < -0.39 is 12.6 Å². The van der Waals surface area contributed by atoms with Crippen LogP contribution in [-0.2, 0) is 14.3 Å². The highest BCUT2D eigenvalue weighted by Gasteiger charge is 2.61. The van der Waals surface area contributed by atoms with Crippen LogP contribution in [0.1, 0.15) is 40.0 Å². The van der Waals surface area contributed by atoms with E-state index in [9.17, 15) is 19.2 Å². The van der Waals surface area contributed by atoms with E-state index in [4.69, 9.17) is 9.47 Å². The van der Waals surface area contributed by atoms with Crippen LogP contribution in [0, 0.1) is 23.7 Å². The van der Waals surface area contributed by atoms with Gasteiger partial charge in [0.05, 0.1) is 30.2 Å². The van der Waals surface area contributed by atoms with Crippen molar-refractivity contribution in [2.75, 3.05) is 18.6 Å². The summed E-state index contributed by atoms with van der Waals surface area (Å²) in [5, 5.41) is 0. The molecule has 0 unspecified atom stereocenters. The number of amides is 2. The number of imide groups is 1. The van der Waals surface area contributed by atoms with Gasteiger partial charge in [-0.2, -0.15) is 0 Å². The van der Waals surface area contributed by atoms with Crippen molar-refractivity contribution >= 4 is 29.3 Å². The summed E-state index contributed by atoms with van der Waals surface area (Å²) in [7, 11) is 1.51. The molecule has 1 heterocycles. The Kier molecular flexibility index (Phi) is 5.04. The molecule has 7 heteroatoms. The Morgan fingerprint density at radius 3 is 2.22 bits per heavy atom. The maximum Gasteiger partial charge on any atom is 0.338 e. The molecule has 0 spiro atoms. The molecule has 3 aliphatic rings. The summed E-state index contributed by atoms with van der Waals surface area (Å²) < 4.78 is 10.2. The number of hydrogen-bond acceptors (Lipinski definition) is 6. The third kappa shape index (κ3) is 3.28. The molecule has 0 N–H and O–H groups in total. The van der Waals surface area contributed by atoms with Gasteiger partial charge in [-0.15, -0.1) is 0 Å². The molecule has 4 atom stereocenters. The number of rotatable bonds is 6. The van der Waals surface area contributed by atoms with Crippen molar-refractivity contribution in [3.8, 4) is 5.75 Å². The number of anilines is 1. The molecular formula is C25H23NO6. The van der Waals surface area contributed by atoms with Crippen LogP contribution in [0.3, 0.4) is 0 Å². The van der Waals surface area contributed by atoms with Gasteiger partial charge in [0.25, 0.3) is 0 Å². The summed E-state index contributed by atoms with van der Waals surface area (Å²) in [6, 6.07) is 12.8. The zero-order valence-electron chi connectivity index (χ0n) is 17.7. The van der Waals surface area contributed by atoms with Crippen molar-refractivity contribution in [3.05, 3.63) is 59.7 Å². The number of carbonyl (C=O) groups excluding carboxylic acids is 4. The van der Waals surface area contributed by atoms with Gasteiger partial charge in [-0.1, -0.05) is 12.1 Å². The summed E-state index contributed by atoms with van der Waals surface area (Å²) in [6.07, 6.45) is 3.04. The van der Waals surface area contributed by atoms with Crippen LogP contribution in [0.25, 0.3) is 0 Å². The molecule has 2 amide bonds. The number of methoxy groups -OCH3 is 1. The number of fused-ring (bicyclic) bond motifs is 5. The zero-order valence-corrected chi connectivity index (χ0v) is 17.7. The SMILES string of the molecule is COc1cccc(C(=O)COC(=O)c2ccc(N3C(=O)[C@@H]4[C@@H]5CC[C@@H](C5)[C@@H]4C3=O)cc2)c1. The molecule has 164 valence electrons. The van der Waals surface area contributed by atoms with Crippen LogP contribution in [-0.4, -0.2) is 37.3 Å². The van der Waals surface area contributed by atoms with Crippen LogP contribution in [0.5, 0.6) is 5.75 Å². The summed E-state index contributed by atoms with van der Waals surface area (Å²) in [4.78, 5) is 51.8. The molecule has 2 aromatic carbocycles. The Morgan fingerprint density at radius 2 is 1.59 bits per heavy atom. The second-order valence-electron chi connectivity index (χ2n) is 8.67. The lowest BCUT2D eigenvalue weighted by Crippen LogP contribution is -2.32. The van der Waals surface area contributed by atoms with Crippen LogP contribution in [0.15, 0.2) is 48.5 Å². The Morgan fingerprint density at radius 1 is 0.938 bits per heavy atom. The first kappa shape index (κ1) is 20.4. The number of esters is 1. The maximum atomic E-state index is 12.9. The molecule has 1 aliphatic heterocycles. The predicted octanol–water partition coefficient (Wildman–Crippen LogP) is 3.27. The van der Waals surface area contributed by atoms with Crippen LogP contribution in [0.4, 0.5) is 5.69 Å². The van der Waals surface area contributed by atoms with Crippen molar-refractivity contribution in [1.82, 2.24) is 0 Å². The van der Waals surface area contributed by atoms with Crippen molar-refractivity contribution < 1.29 is 28.7 Å². The lowest BCUT2D eigenvalue weighted by atomic mass is 9.81.